The Balaban J connectivity index is 2.72. The number of esters is 1. The van der Waals surface area contributed by atoms with Crippen molar-refractivity contribution >= 4 is 22.9 Å². The molecular weight excluding hydrogens is 350 g/mol. The van der Waals surface area contributed by atoms with Crippen molar-refractivity contribution in [3.05, 3.63) is 41.6 Å². The molecule has 0 fully saturated rings. The third-order valence-electron chi connectivity index (χ3n) is 3.79. The molecule has 0 amide bonds. The van der Waals surface area contributed by atoms with Gasteiger partial charge >= 0.3 is 5.97 Å². The summed E-state index contributed by atoms with van der Waals surface area (Å²) in [5.74, 6) is 2.46. The summed E-state index contributed by atoms with van der Waals surface area (Å²) in [7, 11) is 5.94. The van der Waals surface area contributed by atoms with E-state index in [1.165, 1.54) is 27.4 Å². The standard InChI is InChI=1S/C20H23NO6/c1-23-12-11-18(27-14-25-3)20-16(9-10-19(22)26-4)15-7-5-6-8-17(15)21(20)13-24-2/h5-10,18H,13-14H2,1-4H3/b10-9+. The second kappa shape index (κ2) is 10.4. The van der Waals surface area contributed by atoms with Gasteiger partial charge in [0.25, 0.3) is 0 Å². The molecule has 2 rings (SSSR count). The first-order valence-electron chi connectivity index (χ1n) is 8.18. The van der Waals surface area contributed by atoms with E-state index in [0.717, 1.165) is 22.2 Å². The molecule has 0 bridgehead atoms. The largest absolute Gasteiger partial charge is 0.466 e. The van der Waals surface area contributed by atoms with Crippen LogP contribution in [-0.4, -0.2) is 45.8 Å². The number of carbonyl (C=O) groups is 1. The van der Waals surface area contributed by atoms with Crippen LogP contribution in [0.1, 0.15) is 17.4 Å². The molecule has 0 spiro atoms. The number of benzene rings is 1. The first kappa shape index (κ1) is 20.5. The highest BCUT2D eigenvalue weighted by Crippen LogP contribution is 2.33. The predicted octanol–water partition coefficient (Wildman–Crippen LogP) is 2.70. The highest BCUT2D eigenvalue weighted by atomic mass is 16.7. The molecule has 144 valence electrons. The zero-order valence-corrected chi connectivity index (χ0v) is 15.9. The van der Waals surface area contributed by atoms with Crippen LogP contribution in [0.15, 0.2) is 30.3 Å². The molecule has 27 heavy (non-hydrogen) atoms. The smallest absolute Gasteiger partial charge is 0.330 e. The lowest BCUT2D eigenvalue weighted by atomic mass is 10.1. The van der Waals surface area contributed by atoms with E-state index in [4.69, 9.17) is 23.7 Å². The van der Waals surface area contributed by atoms with Gasteiger partial charge in [-0.15, -0.1) is 0 Å². The van der Waals surface area contributed by atoms with Crippen molar-refractivity contribution in [1.82, 2.24) is 4.57 Å². The fraction of sp³-hybridized carbons (Fsp3) is 0.350. The molecule has 1 aromatic carbocycles. The molecule has 0 N–H and O–H groups in total. The fourth-order valence-electron chi connectivity index (χ4n) is 2.73. The number of carbonyl (C=O) groups excluding carboxylic acids is 1. The Hall–Kier alpha value is -2.79. The Morgan fingerprint density at radius 2 is 1.96 bits per heavy atom. The quantitative estimate of drug-likeness (QED) is 0.307. The van der Waals surface area contributed by atoms with Crippen LogP contribution in [0, 0.1) is 12.0 Å². The van der Waals surface area contributed by atoms with Gasteiger partial charge in [0.1, 0.15) is 19.6 Å². The monoisotopic (exact) mass is 373 g/mol. The van der Waals surface area contributed by atoms with Gasteiger partial charge in [-0.05, 0) is 18.1 Å². The fourth-order valence-corrected chi connectivity index (χ4v) is 2.73. The van der Waals surface area contributed by atoms with Gasteiger partial charge in [0.15, 0.2) is 6.10 Å². The summed E-state index contributed by atoms with van der Waals surface area (Å²) < 4.78 is 27.7. The third kappa shape index (κ3) is 4.89. The van der Waals surface area contributed by atoms with Gasteiger partial charge in [-0.25, -0.2) is 4.79 Å². The Morgan fingerprint density at radius 1 is 1.19 bits per heavy atom. The van der Waals surface area contributed by atoms with E-state index in [0.29, 0.717) is 0 Å². The van der Waals surface area contributed by atoms with E-state index in [1.807, 2.05) is 28.8 Å². The average Bonchev–Trinajstić information content (AvgIpc) is 3.00. The van der Waals surface area contributed by atoms with Crippen LogP contribution >= 0.6 is 0 Å². The Bertz CT molecular complexity index is 858. The first-order chi connectivity index (χ1) is 13.2. The Labute approximate surface area is 158 Å². The molecule has 1 heterocycles. The average molecular weight is 373 g/mol. The minimum Gasteiger partial charge on any atom is -0.466 e. The normalized spacial score (nSPS) is 12.0. The molecule has 7 heteroatoms. The second-order valence-corrected chi connectivity index (χ2v) is 5.42. The van der Waals surface area contributed by atoms with Gasteiger partial charge in [-0.2, -0.15) is 0 Å². The van der Waals surface area contributed by atoms with Crippen LogP contribution in [0.25, 0.3) is 17.0 Å². The number of methoxy groups -OCH3 is 4. The number of rotatable bonds is 8. The van der Waals surface area contributed by atoms with E-state index in [-0.39, 0.29) is 13.5 Å². The number of nitrogens with zero attached hydrogens (tertiary/aromatic N) is 1. The highest BCUT2D eigenvalue weighted by Gasteiger charge is 2.23. The molecular formula is C20H23NO6. The summed E-state index contributed by atoms with van der Waals surface area (Å²) in [5.41, 5.74) is 2.42. The number of para-hydroxylation sites is 1. The van der Waals surface area contributed by atoms with Gasteiger partial charge in [0.05, 0.1) is 25.4 Å². The van der Waals surface area contributed by atoms with Crippen LogP contribution in [0.5, 0.6) is 0 Å². The third-order valence-corrected chi connectivity index (χ3v) is 3.79. The van der Waals surface area contributed by atoms with Crippen LogP contribution < -0.4 is 0 Å². The van der Waals surface area contributed by atoms with Crippen molar-refractivity contribution in [2.24, 2.45) is 0 Å². The molecule has 1 atom stereocenters. The van der Waals surface area contributed by atoms with E-state index >= 15 is 0 Å². The lowest BCUT2D eigenvalue weighted by Crippen LogP contribution is -2.13. The number of hydrogen-bond acceptors (Lipinski definition) is 6. The molecule has 0 radical (unpaired) electrons. The SMILES string of the molecule is COC#CC(OCOC)c1c(/C=C/C(=O)OC)c2ccccc2n1COC. The highest BCUT2D eigenvalue weighted by molar-refractivity contribution is 5.96. The van der Waals surface area contributed by atoms with Crippen molar-refractivity contribution in [2.45, 2.75) is 12.8 Å². The summed E-state index contributed by atoms with van der Waals surface area (Å²) in [4.78, 5) is 11.6. The van der Waals surface area contributed by atoms with Crippen molar-refractivity contribution in [2.75, 3.05) is 35.2 Å². The zero-order chi connectivity index (χ0) is 19.6. The van der Waals surface area contributed by atoms with Gasteiger partial charge in [-0.3, -0.25) is 0 Å². The number of aromatic nitrogens is 1. The van der Waals surface area contributed by atoms with E-state index in [9.17, 15) is 4.79 Å². The molecule has 7 nitrogen and oxygen atoms in total. The van der Waals surface area contributed by atoms with Crippen LogP contribution in [0.4, 0.5) is 0 Å². The molecule has 0 aliphatic carbocycles. The Kier molecular flexibility index (Phi) is 7.89. The van der Waals surface area contributed by atoms with Crippen molar-refractivity contribution < 1.29 is 28.5 Å². The van der Waals surface area contributed by atoms with Crippen LogP contribution in [0.2, 0.25) is 0 Å². The summed E-state index contributed by atoms with van der Waals surface area (Å²) in [6.45, 7) is 0.321. The minimum atomic E-state index is -0.662. The summed E-state index contributed by atoms with van der Waals surface area (Å²) in [6, 6.07) is 7.77. The summed E-state index contributed by atoms with van der Waals surface area (Å²) in [5, 5.41) is 0.926. The molecule has 2 aromatic rings. The lowest BCUT2D eigenvalue weighted by Gasteiger charge is -2.16. The van der Waals surface area contributed by atoms with E-state index in [1.54, 1.807) is 13.2 Å². The van der Waals surface area contributed by atoms with Gasteiger partial charge in [-0.1, -0.05) is 18.2 Å². The number of hydrogen-bond donors (Lipinski definition) is 0. The van der Waals surface area contributed by atoms with Gasteiger partial charge in [0, 0.05) is 31.2 Å². The first-order valence-corrected chi connectivity index (χ1v) is 8.18. The molecule has 1 unspecified atom stereocenters. The lowest BCUT2D eigenvalue weighted by molar-refractivity contribution is -0.134. The van der Waals surface area contributed by atoms with E-state index < -0.39 is 12.1 Å². The van der Waals surface area contributed by atoms with Crippen molar-refractivity contribution in [3.63, 3.8) is 0 Å². The molecule has 1 aromatic heterocycles. The molecule has 0 saturated carbocycles. The topological polar surface area (TPSA) is 68.2 Å². The maximum absolute atomic E-state index is 11.6. The maximum atomic E-state index is 11.6. The summed E-state index contributed by atoms with van der Waals surface area (Å²) in [6.07, 6.45) is 4.96. The van der Waals surface area contributed by atoms with Crippen LogP contribution in [-0.2, 0) is 35.2 Å². The zero-order valence-electron chi connectivity index (χ0n) is 15.9. The Morgan fingerprint density at radius 3 is 2.63 bits per heavy atom. The molecule has 0 aliphatic rings. The second-order valence-electron chi connectivity index (χ2n) is 5.42. The molecule has 0 aliphatic heterocycles. The van der Waals surface area contributed by atoms with E-state index in [2.05, 4.69) is 12.0 Å². The number of fused-ring (bicyclic) bond motifs is 1. The summed E-state index contributed by atoms with van der Waals surface area (Å²) >= 11 is 0. The minimum absolute atomic E-state index is 0.0394. The van der Waals surface area contributed by atoms with Crippen LogP contribution in [0.3, 0.4) is 0 Å². The van der Waals surface area contributed by atoms with Crippen molar-refractivity contribution in [3.8, 4) is 12.0 Å². The maximum Gasteiger partial charge on any atom is 0.330 e. The van der Waals surface area contributed by atoms with Gasteiger partial charge < -0.3 is 28.3 Å². The van der Waals surface area contributed by atoms with Crippen molar-refractivity contribution in [1.29, 1.82) is 0 Å². The van der Waals surface area contributed by atoms with Gasteiger partial charge in [0.2, 0.25) is 0 Å². The molecule has 0 saturated heterocycles. The number of ether oxygens (including phenoxy) is 5. The predicted molar refractivity (Wildman–Crippen MR) is 100 cm³/mol.